The predicted molar refractivity (Wildman–Crippen MR) is 74.6 cm³/mol. The zero-order chi connectivity index (χ0) is 13.1. The summed E-state index contributed by atoms with van der Waals surface area (Å²) in [6, 6.07) is 8.01. The number of aromatic nitrogens is 1. The van der Waals surface area contributed by atoms with Gasteiger partial charge in [-0.25, -0.2) is 0 Å². The van der Waals surface area contributed by atoms with Crippen LogP contribution in [-0.2, 0) is 4.79 Å². The molecule has 1 heterocycles. The van der Waals surface area contributed by atoms with Crippen molar-refractivity contribution in [3.8, 4) is 0 Å². The van der Waals surface area contributed by atoms with Crippen molar-refractivity contribution in [2.24, 2.45) is 5.73 Å². The molecule has 0 bridgehead atoms. The zero-order valence-electron chi connectivity index (χ0n) is 10.8. The predicted octanol–water partition coefficient (Wildman–Crippen LogP) is 2.26. The van der Waals surface area contributed by atoms with Gasteiger partial charge in [0.25, 0.3) is 0 Å². The van der Waals surface area contributed by atoms with Crippen molar-refractivity contribution < 1.29 is 4.79 Å². The lowest BCUT2D eigenvalue weighted by Gasteiger charge is -2.17. The topological polar surface area (TPSA) is 62.1 Å². The van der Waals surface area contributed by atoms with Crippen LogP contribution in [0, 0.1) is 0 Å². The van der Waals surface area contributed by atoms with Crippen LogP contribution >= 0.6 is 0 Å². The minimum absolute atomic E-state index is 0.0605. The molecule has 1 amide bonds. The van der Waals surface area contributed by atoms with Crippen molar-refractivity contribution >= 4 is 22.5 Å². The number of nitrogens with two attached hydrogens (primary N) is 1. The Hall–Kier alpha value is -1.81. The number of carbonyl (C=O) groups is 1. The van der Waals surface area contributed by atoms with E-state index < -0.39 is 0 Å². The molecule has 1 atom stereocenters. The van der Waals surface area contributed by atoms with Gasteiger partial charge in [-0.3, -0.25) is 4.79 Å². The van der Waals surface area contributed by atoms with E-state index in [1.807, 2.05) is 37.4 Å². The van der Waals surface area contributed by atoms with Gasteiger partial charge in [0.05, 0.1) is 5.69 Å². The lowest BCUT2D eigenvalue weighted by atomic mass is 10.1. The Labute approximate surface area is 107 Å². The van der Waals surface area contributed by atoms with Gasteiger partial charge in [-0.2, -0.15) is 0 Å². The molecular weight excluding hydrogens is 226 g/mol. The summed E-state index contributed by atoms with van der Waals surface area (Å²) in [4.78, 5) is 16.9. The fraction of sp³-hybridized carbons (Fsp3) is 0.357. The SMILES string of the molecule is CC(N)CCC(=O)N(C)c1c[nH]c2ccccc12. The van der Waals surface area contributed by atoms with Crippen LogP contribution in [0.2, 0.25) is 0 Å². The molecule has 4 heteroatoms. The number of carbonyl (C=O) groups excluding carboxylic acids is 1. The molecule has 1 aromatic carbocycles. The Bertz CT molecular complexity index is 545. The quantitative estimate of drug-likeness (QED) is 0.868. The molecule has 18 heavy (non-hydrogen) atoms. The van der Waals surface area contributed by atoms with Gasteiger partial charge in [0, 0.05) is 36.6 Å². The molecule has 3 N–H and O–H groups in total. The average molecular weight is 245 g/mol. The van der Waals surface area contributed by atoms with Gasteiger partial charge in [0.1, 0.15) is 0 Å². The number of hydrogen-bond acceptors (Lipinski definition) is 2. The highest BCUT2D eigenvalue weighted by molar-refractivity contribution is 6.02. The Morgan fingerprint density at radius 3 is 2.89 bits per heavy atom. The number of fused-ring (bicyclic) bond motifs is 1. The molecule has 2 rings (SSSR count). The maximum atomic E-state index is 12.0. The number of hydrogen-bond donors (Lipinski definition) is 2. The first-order valence-electron chi connectivity index (χ1n) is 6.18. The second-order valence-corrected chi connectivity index (χ2v) is 4.69. The standard InChI is InChI=1S/C14H19N3O/c1-10(15)7-8-14(18)17(2)13-9-16-12-6-4-3-5-11(12)13/h3-6,9-10,16H,7-8,15H2,1-2H3. The lowest BCUT2D eigenvalue weighted by Crippen LogP contribution is -2.27. The Morgan fingerprint density at radius 2 is 2.17 bits per heavy atom. The molecule has 0 saturated carbocycles. The third-order valence-corrected chi connectivity index (χ3v) is 3.12. The zero-order valence-corrected chi connectivity index (χ0v) is 10.8. The number of rotatable bonds is 4. The Balaban J connectivity index is 2.18. The third-order valence-electron chi connectivity index (χ3n) is 3.12. The van der Waals surface area contributed by atoms with E-state index in [4.69, 9.17) is 5.73 Å². The van der Waals surface area contributed by atoms with E-state index in [9.17, 15) is 4.79 Å². The number of aromatic amines is 1. The summed E-state index contributed by atoms with van der Waals surface area (Å²) >= 11 is 0. The van der Waals surface area contributed by atoms with Gasteiger partial charge < -0.3 is 15.6 Å². The molecule has 0 spiro atoms. The Morgan fingerprint density at radius 1 is 1.44 bits per heavy atom. The van der Waals surface area contributed by atoms with Crippen molar-refractivity contribution in [2.75, 3.05) is 11.9 Å². The van der Waals surface area contributed by atoms with Crippen LogP contribution in [0.15, 0.2) is 30.5 Å². The van der Waals surface area contributed by atoms with Crippen LogP contribution in [0.1, 0.15) is 19.8 Å². The highest BCUT2D eigenvalue weighted by Gasteiger charge is 2.14. The van der Waals surface area contributed by atoms with Crippen molar-refractivity contribution in [3.63, 3.8) is 0 Å². The van der Waals surface area contributed by atoms with E-state index in [2.05, 4.69) is 4.98 Å². The maximum Gasteiger partial charge on any atom is 0.226 e. The number of anilines is 1. The summed E-state index contributed by atoms with van der Waals surface area (Å²) in [7, 11) is 1.80. The largest absolute Gasteiger partial charge is 0.359 e. The van der Waals surface area contributed by atoms with Crippen LogP contribution in [-0.4, -0.2) is 24.0 Å². The van der Waals surface area contributed by atoms with E-state index in [1.54, 1.807) is 11.9 Å². The number of benzene rings is 1. The molecule has 0 aliphatic heterocycles. The van der Waals surface area contributed by atoms with Crippen LogP contribution < -0.4 is 10.6 Å². The molecule has 1 aromatic heterocycles. The van der Waals surface area contributed by atoms with Gasteiger partial charge in [-0.05, 0) is 19.4 Å². The summed E-state index contributed by atoms with van der Waals surface area (Å²) < 4.78 is 0. The number of nitrogens with one attached hydrogen (secondary N) is 1. The van der Waals surface area contributed by atoms with Gasteiger partial charge in [-0.15, -0.1) is 0 Å². The number of H-pyrrole nitrogens is 1. The Kier molecular flexibility index (Phi) is 3.67. The summed E-state index contributed by atoms with van der Waals surface area (Å²) in [5, 5.41) is 1.06. The molecule has 0 aliphatic carbocycles. The number of amides is 1. The summed E-state index contributed by atoms with van der Waals surface area (Å²) in [5.74, 6) is 0.0945. The van der Waals surface area contributed by atoms with E-state index in [0.717, 1.165) is 16.6 Å². The second kappa shape index (κ2) is 5.23. The number of nitrogens with zero attached hydrogens (tertiary/aromatic N) is 1. The fourth-order valence-corrected chi connectivity index (χ4v) is 1.99. The van der Waals surface area contributed by atoms with E-state index >= 15 is 0 Å². The molecule has 1 unspecified atom stereocenters. The summed E-state index contributed by atoms with van der Waals surface area (Å²) in [5.41, 5.74) is 7.63. The number of para-hydroxylation sites is 1. The normalized spacial score (nSPS) is 12.6. The van der Waals surface area contributed by atoms with Crippen molar-refractivity contribution in [1.82, 2.24) is 4.98 Å². The first-order valence-corrected chi connectivity index (χ1v) is 6.18. The van der Waals surface area contributed by atoms with Crippen molar-refractivity contribution in [1.29, 1.82) is 0 Å². The smallest absolute Gasteiger partial charge is 0.226 e. The van der Waals surface area contributed by atoms with E-state index in [0.29, 0.717) is 12.8 Å². The molecule has 0 radical (unpaired) electrons. The lowest BCUT2D eigenvalue weighted by molar-refractivity contribution is -0.118. The van der Waals surface area contributed by atoms with Gasteiger partial charge >= 0.3 is 0 Å². The highest BCUT2D eigenvalue weighted by atomic mass is 16.2. The fourth-order valence-electron chi connectivity index (χ4n) is 1.99. The minimum atomic E-state index is 0.0605. The van der Waals surface area contributed by atoms with Crippen LogP contribution in [0.25, 0.3) is 10.9 Å². The molecule has 96 valence electrons. The second-order valence-electron chi connectivity index (χ2n) is 4.69. The average Bonchev–Trinajstić information content (AvgIpc) is 2.78. The van der Waals surface area contributed by atoms with Crippen LogP contribution in [0.3, 0.4) is 0 Å². The van der Waals surface area contributed by atoms with E-state index in [1.165, 1.54) is 0 Å². The molecule has 0 fully saturated rings. The van der Waals surface area contributed by atoms with E-state index in [-0.39, 0.29) is 11.9 Å². The monoisotopic (exact) mass is 245 g/mol. The molecule has 0 saturated heterocycles. The molecule has 0 aliphatic rings. The molecular formula is C14H19N3O. The first kappa shape index (κ1) is 12.6. The van der Waals surface area contributed by atoms with Crippen LogP contribution in [0.4, 0.5) is 5.69 Å². The van der Waals surface area contributed by atoms with Gasteiger partial charge in [-0.1, -0.05) is 18.2 Å². The maximum absolute atomic E-state index is 12.0. The first-order chi connectivity index (χ1) is 8.59. The van der Waals surface area contributed by atoms with Crippen molar-refractivity contribution in [2.45, 2.75) is 25.8 Å². The van der Waals surface area contributed by atoms with Gasteiger partial charge in [0.15, 0.2) is 0 Å². The summed E-state index contributed by atoms with van der Waals surface area (Å²) in [6.07, 6.45) is 3.06. The molecule has 4 nitrogen and oxygen atoms in total. The summed E-state index contributed by atoms with van der Waals surface area (Å²) in [6.45, 7) is 1.92. The third kappa shape index (κ3) is 2.54. The molecule has 2 aromatic rings. The van der Waals surface area contributed by atoms with Crippen molar-refractivity contribution in [3.05, 3.63) is 30.5 Å². The minimum Gasteiger partial charge on any atom is -0.359 e. The highest BCUT2D eigenvalue weighted by Crippen LogP contribution is 2.26. The van der Waals surface area contributed by atoms with Gasteiger partial charge in [0.2, 0.25) is 5.91 Å². The van der Waals surface area contributed by atoms with Crippen LogP contribution in [0.5, 0.6) is 0 Å².